The summed E-state index contributed by atoms with van der Waals surface area (Å²) >= 11 is 0. The highest BCUT2D eigenvalue weighted by atomic mass is 32.2. The highest BCUT2D eigenvalue weighted by Gasteiger charge is 2.19. The van der Waals surface area contributed by atoms with Crippen molar-refractivity contribution in [2.75, 3.05) is 7.11 Å². The first kappa shape index (κ1) is 20.7. The zero-order chi connectivity index (χ0) is 22.0. The van der Waals surface area contributed by atoms with E-state index in [1.165, 1.54) is 12.1 Å². The van der Waals surface area contributed by atoms with E-state index in [-0.39, 0.29) is 16.6 Å². The molecule has 0 spiro atoms. The van der Waals surface area contributed by atoms with Crippen LogP contribution >= 0.6 is 0 Å². The molecule has 0 atom stereocenters. The Hall–Kier alpha value is -3.57. The summed E-state index contributed by atoms with van der Waals surface area (Å²) in [6.07, 6.45) is 2.97. The molecule has 11 heteroatoms. The second kappa shape index (κ2) is 8.28. The highest BCUT2D eigenvalue weighted by Crippen LogP contribution is 2.26. The van der Waals surface area contributed by atoms with Crippen molar-refractivity contribution in [3.8, 4) is 28.7 Å². The van der Waals surface area contributed by atoms with E-state index in [4.69, 9.17) is 14.4 Å². The smallest absolute Gasteiger partial charge is 0.261 e. The summed E-state index contributed by atoms with van der Waals surface area (Å²) in [5, 5.41) is 13.5. The van der Waals surface area contributed by atoms with Gasteiger partial charge >= 0.3 is 0 Å². The molecule has 0 radical (unpaired) electrons. The molecule has 0 saturated heterocycles. The molecular formula is C20H20N6O4S. The lowest BCUT2D eigenvalue weighted by atomic mass is 10.1. The lowest BCUT2D eigenvalue weighted by molar-refractivity contribution is 0.396. The van der Waals surface area contributed by atoms with Crippen LogP contribution in [0.25, 0.3) is 22.8 Å². The lowest BCUT2D eigenvalue weighted by Crippen LogP contribution is -2.11. The average Bonchev–Trinajstić information content (AvgIpc) is 3.39. The molecule has 0 fully saturated rings. The van der Waals surface area contributed by atoms with Gasteiger partial charge in [0.2, 0.25) is 21.7 Å². The average molecular weight is 440 g/mol. The molecule has 0 aliphatic rings. The van der Waals surface area contributed by atoms with E-state index in [0.717, 1.165) is 11.4 Å². The van der Waals surface area contributed by atoms with Crippen molar-refractivity contribution in [3.63, 3.8) is 0 Å². The summed E-state index contributed by atoms with van der Waals surface area (Å²) in [4.78, 5) is 8.84. The van der Waals surface area contributed by atoms with Crippen molar-refractivity contribution >= 4 is 10.0 Å². The van der Waals surface area contributed by atoms with Gasteiger partial charge in [-0.3, -0.25) is 4.68 Å². The second-order valence-corrected chi connectivity index (χ2v) is 8.36. The van der Waals surface area contributed by atoms with E-state index in [9.17, 15) is 8.42 Å². The minimum Gasteiger partial charge on any atom is -0.481 e. The van der Waals surface area contributed by atoms with Crippen molar-refractivity contribution in [3.05, 3.63) is 60.0 Å². The number of primary sulfonamides is 1. The Morgan fingerprint density at radius 3 is 2.71 bits per heavy atom. The van der Waals surface area contributed by atoms with Gasteiger partial charge in [0, 0.05) is 24.4 Å². The summed E-state index contributed by atoms with van der Waals surface area (Å²) in [5.41, 5.74) is 2.97. The predicted octanol–water partition coefficient (Wildman–Crippen LogP) is 1.97. The van der Waals surface area contributed by atoms with Gasteiger partial charge < -0.3 is 9.26 Å². The highest BCUT2D eigenvalue weighted by molar-refractivity contribution is 7.89. The van der Waals surface area contributed by atoms with Gasteiger partial charge in [0.1, 0.15) is 0 Å². The molecule has 0 aliphatic carbocycles. The van der Waals surface area contributed by atoms with Crippen LogP contribution in [0.1, 0.15) is 11.4 Å². The number of hydrogen-bond donors (Lipinski definition) is 1. The van der Waals surface area contributed by atoms with Crippen LogP contribution in [0, 0.1) is 0 Å². The molecule has 160 valence electrons. The molecular weight excluding hydrogens is 420 g/mol. The molecule has 1 aromatic carbocycles. The maximum absolute atomic E-state index is 11.6. The Morgan fingerprint density at radius 1 is 1.13 bits per heavy atom. The maximum Gasteiger partial charge on any atom is 0.261 e. The van der Waals surface area contributed by atoms with Gasteiger partial charge in [0.15, 0.2) is 0 Å². The third-order valence-electron chi connectivity index (χ3n) is 4.75. The normalized spacial score (nSPS) is 11.6. The fourth-order valence-electron chi connectivity index (χ4n) is 3.16. The Labute approximate surface area is 178 Å². The van der Waals surface area contributed by atoms with Gasteiger partial charge in [0.25, 0.3) is 5.89 Å². The van der Waals surface area contributed by atoms with Crippen LogP contribution in [0.15, 0.2) is 58.1 Å². The van der Waals surface area contributed by atoms with Crippen LogP contribution in [-0.4, -0.2) is 40.4 Å². The molecule has 31 heavy (non-hydrogen) atoms. The number of rotatable bonds is 7. The summed E-state index contributed by atoms with van der Waals surface area (Å²) in [7, 11) is -0.417. The number of aromatic nitrogens is 5. The van der Waals surface area contributed by atoms with E-state index in [2.05, 4.69) is 20.2 Å². The summed E-state index contributed by atoms with van der Waals surface area (Å²) in [6.45, 7) is 0. The third kappa shape index (κ3) is 4.47. The van der Waals surface area contributed by atoms with Crippen molar-refractivity contribution in [1.29, 1.82) is 0 Å². The fourth-order valence-corrected chi connectivity index (χ4v) is 3.72. The number of methoxy groups -OCH3 is 1. The van der Waals surface area contributed by atoms with Crippen LogP contribution in [0.4, 0.5) is 0 Å². The number of ether oxygens (including phenoxy) is 1. The van der Waals surface area contributed by atoms with Gasteiger partial charge in [-0.15, -0.1) is 0 Å². The van der Waals surface area contributed by atoms with Crippen LogP contribution in [0.2, 0.25) is 0 Å². The first-order valence-electron chi connectivity index (χ1n) is 9.33. The number of nitrogens with two attached hydrogens (primary N) is 1. The number of pyridine rings is 1. The number of benzene rings is 1. The van der Waals surface area contributed by atoms with Crippen molar-refractivity contribution in [2.24, 2.45) is 12.2 Å². The van der Waals surface area contributed by atoms with E-state index in [0.29, 0.717) is 29.8 Å². The van der Waals surface area contributed by atoms with E-state index in [1.807, 2.05) is 19.2 Å². The van der Waals surface area contributed by atoms with Crippen LogP contribution < -0.4 is 9.88 Å². The molecule has 4 aromatic rings. The first-order valence-corrected chi connectivity index (χ1v) is 10.9. The van der Waals surface area contributed by atoms with E-state index >= 15 is 0 Å². The monoisotopic (exact) mass is 440 g/mol. The summed E-state index contributed by atoms with van der Waals surface area (Å²) in [5.74, 6) is 1.11. The first-order chi connectivity index (χ1) is 14.8. The molecule has 3 aromatic heterocycles. The Kier molecular flexibility index (Phi) is 5.53. The minimum absolute atomic E-state index is 0.0239. The zero-order valence-electron chi connectivity index (χ0n) is 16.9. The van der Waals surface area contributed by atoms with Crippen molar-refractivity contribution in [1.82, 2.24) is 24.9 Å². The SMILES string of the molecule is COc1cccc(CCc2c(-c3nc(-c4cccc(S(N)(=O)=O)c4)no3)cnn2C)n1. The molecule has 0 saturated carbocycles. The number of aryl methyl sites for hydroxylation is 2. The largest absolute Gasteiger partial charge is 0.481 e. The Balaban J connectivity index is 1.60. The standard InChI is InChI=1S/C20H20N6O4S/c1-26-17(10-9-14-6-4-8-18(23-14)29-2)16(12-22-26)20-24-19(25-30-20)13-5-3-7-15(11-13)31(21,27)28/h3-8,11-12H,9-10H2,1-2H3,(H2,21,27,28). The van der Waals surface area contributed by atoms with Gasteiger partial charge in [-0.1, -0.05) is 23.4 Å². The topological polar surface area (TPSA) is 139 Å². The minimum atomic E-state index is -3.84. The number of hydrogen-bond acceptors (Lipinski definition) is 8. The molecule has 0 amide bonds. The lowest BCUT2D eigenvalue weighted by Gasteiger charge is -2.05. The van der Waals surface area contributed by atoms with E-state index < -0.39 is 10.0 Å². The van der Waals surface area contributed by atoms with Crippen LogP contribution in [0.5, 0.6) is 5.88 Å². The molecule has 2 N–H and O–H groups in total. The van der Waals surface area contributed by atoms with Crippen molar-refractivity contribution in [2.45, 2.75) is 17.7 Å². The molecule has 0 bridgehead atoms. The number of sulfonamides is 1. The van der Waals surface area contributed by atoms with Gasteiger partial charge in [-0.25, -0.2) is 18.5 Å². The van der Waals surface area contributed by atoms with Crippen LogP contribution in [0.3, 0.4) is 0 Å². The molecule has 0 aliphatic heterocycles. The second-order valence-electron chi connectivity index (χ2n) is 6.80. The zero-order valence-corrected chi connectivity index (χ0v) is 17.7. The molecule has 10 nitrogen and oxygen atoms in total. The fraction of sp³-hybridized carbons (Fsp3) is 0.200. The molecule has 0 unspecified atom stereocenters. The van der Waals surface area contributed by atoms with Gasteiger partial charge in [-0.2, -0.15) is 10.1 Å². The Morgan fingerprint density at radius 2 is 1.94 bits per heavy atom. The quantitative estimate of drug-likeness (QED) is 0.460. The van der Waals surface area contributed by atoms with Gasteiger partial charge in [-0.05, 0) is 31.0 Å². The van der Waals surface area contributed by atoms with Crippen molar-refractivity contribution < 1.29 is 17.7 Å². The maximum atomic E-state index is 11.6. The summed E-state index contributed by atoms with van der Waals surface area (Å²) in [6, 6.07) is 11.7. The van der Waals surface area contributed by atoms with Gasteiger partial charge in [0.05, 0.1) is 29.5 Å². The molecule has 4 rings (SSSR count). The predicted molar refractivity (Wildman–Crippen MR) is 112 cm³/mol. The third-order valence-corrected chi connectivity index (χ3v) is 5.66. The molecule has 3 heterocycles. The van der Waals surface area contributed by atoms with Crippen LogP contribution in [-0.2, 0) is 29.9 Å². The Bertz CT molecular complexity index is 1330. The van der Waals surface area contributed by atoms with E-state index in [1.54, 1.807) is 36.2 Å². The summed E-state index contributed by atoms with van der Waals surface area (Å²) < 4.78 is 35.6. The number of nitrogens with zero attached hydrogens (tertiary/aromatic N) is 5.